The molecular weight excluding hydrogens is 280 g/mol. The molecule has 0 spiro atoms. The van der Waals surface area contributed by atoms with E-state index in [-0.39, 0.29) is 5.91 Å². The lowest BCUT2D eigenvalue weighted by Crippen LogP contribution is -2.53. The number of nitrogens with two attached hydrogens (primary N) is 1. The van der Waals surface area contributed by atoms with Gasteiger partial charge in [-0.3, -0.25) is 9.59 Å². The summed E-state index contributed by atoms with van der Waals surface area (Å²) in [6.07, 6.45) is 3.26. The minimum Gasteiger partial charge on any atom is -0.361 e. The molecule has 1 aliphatic heterocycles. The molecule has 0 radical (unpaired) electrons. The maximum atomic E-state index is 12.4. The number of H-pyrrole nitrogens is 1. The van der Waals surface area contributed by atoms with Crippen LogP contribution in [-0.2, 0) is 16.0 Å². The summed E-state index contributed by atoms with van der Waals surface area (Å²) in [4.78, 5) is 29.8. The van der Waals surface area contributed by atoms with Crippen LogP contribution in [0.25, 0.3) is 10.9 Å². The van der Waals surface area contributed by atoms with Crippen molar-refractivity contribution in [2.75, 3.05) is 26.2 Å². The first-order valence-electron chi connectivity index (χ1n) is 7.48. The largest absolute Gasteiger partial charge is 0.361 e. The molecule has 3 rings (SSSR count). The molecule has 0 unspecified atom stereocenters. The van der Waals surface area contributed by atoms with Crippen LogP contribution in [0.15, 0.2) is 30.5 Å². The van der Waals surface area contributed by atoms with Crippen LogP contribution in [0.1, 0.15) is 5.56 Å². The van der Waals surface area contributed by atoms with Gasteiger partial charge in [-0.1, -0.05) is 18.2 Å². The van der Waals surface area contributed by atoms with E-state index in [2.05, 4.69) is 4.98 Å². The van der Waals surface area contributed by atoms with Crippen molar-refractivity contribution in [1.29, 1.82) is 0 Å². The highest BCUT2D eigenvalue weighted by atomic mass is 16.2. The molecular formula is C16H20N4O2. The first-order chi connectivity index (χ1) is 10.7. The summed E-state index contributed by atoms with van der Waals surface area (Å²) in [5, 5.41) is 1.11. The Morgan fingerprint density at radius 3 is 2.73 bits per heavy atom. The molecule has 1 aromatic heterocycles. The van der Waals surface area contributed by atoms with Gasteiger partial charge >= 0.3 is 0 Å². The van der Waals surface area contributed by atoms with Crippen LogP contribution in [0, 0.1) is 0 Å². The minimum atomic E-state index is -0.554. The highest BCUT2D eigenvalue weighted by Crippen LogP contribution is 2.19. The monoisotopic (exact) mass is 300 g/mol. The molecule has 2 aromatic rings. The van der Waals surface area contributed by atoms with Gasteiger partial charge in [-0.25, -0.2) is 0 Å². The Kier molecular flexibility index (Phi) is 4.11. The summed E-state index contributed by atoms with van der Waals surface area (Å²) in [6, 6.07) is 7.43. The molecule has 2 heterocycles. The quantitative estimate of drug-likeness (QED) is 0.799. The minimum absolute atomic E-state index is 0.0455. The Labute approximate surface area is 128 Å². The Balaban J connectivity index is 1.65. The van der Waals surface area contributed by atoms with E-state index in [4.69, 9.17) is 5.73 Å². The number of hydrogen-bond donors (Lipinski definition) is 2. The molecule has 0 aliphatic carbocycles. The molecule has 22 heavy (non-hydrogen) atoms. The van der Waals surface area contributed by atoms with Crippen molar-refractivity contribution in [1.82, 2.24) is 14.8 Å². The standard InChI is InChI=1S/C16H20N4O2/c17-14(16(22)20-7-5-19(11-21)6-8-20)9-12-10-18-15-4-2-1-3-13(12)15/h1-4,10-11,14,18H,5-9,17H2/t14-/m0/s1. The van der Waals surface area contributed by atoms with Gasteiger partial charge in [0.15, 0.2) is 0 Å². The molecule has 6 nitrogen and oxygen atoms in total. The molecule has 0 bridgehead atoms. The fourth-order valence-electron chi connectivity index (χ4n) is 2.91. The summed E-state index contributed by atoms with van der Waals surface area (Å²) >= 11 is 0. The Bertz CT molecular complexity index is 674. The summed E-state index contributed by atoms with van der Waals surface area (Å²) < 4.78 is 0. The highest BCUT2D eigenvalue weighted by Gasteiger charge is 2.25. The first-order valence-corrected chi connectivity index (χ1v) is 7.48. The normalized spacial score (nSPS) is 16.8. The number of piperazine rings is 1. The van der Waals surface area contributed by atoms with Crippen molar-refractivity contribution < 1.29 is 9.59 Å². The fourth-order valence-corrected chi connectivity index (χ4v) is 2.91. The van der Waals surface area contributed by atoms with Crippen molar-refractivity contribution in [3.8, 4) is 0 Å². The van der Waals surface area contributed by atoms with Gasteiger partial charge in [0.1, 0.15) is 0 Å². The van der Waals surface area contributed by atoms with E-state index in [9.17, 15) is 9.59 Å². The molecule has 6 heteroatoms. The number of carbonyl (C=O) groups excluding carboxylic acids is 2. The van der Waals surface area contributed by atoms with Gasteiger partial charge in [0, 0.05) is 43.3 Å². The maximum absolute atomic E-state index is 12.4. The van der Waals surface area contributed by atoms with Crippen LogP contribution in [0.3, 0.4) is 0 Å². The number of nitrogens with zero attached hydrogens (tertiary/aromatic N) is 2. The van der Waals surface area contributed by atoms with Crippen molar-refractivity contribution in [3.05, 3.63) is 36.0 Å². The van der Waals surface area contributed by atoms with E-state index in [1.807, 2.05) is 30.5 Å². The van der Waals surface area contributed by atoms with Gasteiger partial charge in [-0.2, -0.15) is 0 Å². The molecule has 116 valence electrons. The lowest BCUT2D eigenvalue weighted by atomic mass is 10.0. The van der Waals surface area contributed by atoms with Gasteiger partial charge in [-0.05, 0) is 18.1 Å². The van der Waals surface area contributed by atoms with Gasteiger partial charge in [0.2, 0.25) is 12.3 Å². The van der Waals surface area contributed by atoms with Crippen LogP contribution in [0.5, 0.6) is 0 Å². The number of aromatic nitrogens is 1. The number of amides is 2. The molecule has 3 N–H and O–H groups in total. The van der Waals surface area contributed by atoms with Crippen molar-refractivity contribution >= 4 is 23.2 Å². The lowest BCUT2D eigenvalue weighted by Gasteiger charge is -2.34. The van der Waals surface area contributed by atoms with Crippen LogP contribution in [-0.4, -0.2) is 59.3 Å². The summed E-state index contributed by atoms with van der Waals surface area (Å²) in [7, 11) is 0. The van der Waals surface area contributed by atoms with E-state index in [0.717, 1.165) is 22.9 Å². The molecule has 1 saturated heterocycles. The SMILES string of the molecule is N[C@@H](Cc1c[nH]c2ccccc12)C(=O)N1CCN(C=O)CC1. The van der Waals surface area contributed by atoms with Crippen molar-refractivity contribution in [2.24, 2.45) is 5.73 Å². The van der Waals surface area contributed by atoms with Crippen LogP contribution in [0.4, 0.5) is 0 Å². The number of rotatable bonds is 4. The second-order valence-corrected chi connectivity index (χ2v) is 5.64. The van der Waals surface area contributed by atoms with Crippen LogP contribution >= 0.6 is 0 Å². The highest BCUT2D eigenvalue weighted by molar-refractivity contribution is 5.86. The average molecular weight is 300 g/mol. The first kappa shape index (κ1) is 14.6. The Morgan fingerprint density at radius 1 is 1.27 bits per heavy atom. The predicted molar refractivity (Wildman–Crippen MR) is 84.2 cm³/mol. The van der Waals surface area contributed by atoms with Gasteiger partial charge < -0.3 is 20.5 Å². The fraction of sp³-hybridized carbons (Fsp3) is 0.375. The van der Waals surface area contributed by atoms with E-state index in [0.29, 0.717) is 32.6 Å². The zero-order valence-corrected chi connectivity index (χ0v) is 12.4. The lowest BCUT2D eigenvalue weighted by molar-refractivity contribution is -0.136. The van der Waals surface area contributed by atoms with E-state index in [1.54, 1.807) is 9.80 Å². The molecule has 1 atom stereocenters. The zero-order valence-electron chi connectivity index (χ0n) is 12.4. The number of aromatic amines is 1. The number of para-hydroxylation sites is 1. The second-order valence-electron chi connectivity index (χ2n) is 5.64. The number of nitrogens with one attached hydrogen (secondary N) is 1. The smallest absolute Gasteiger partial charge is 0.239 e. The van der Waals surface area contributed by atoms with Crippen molar-refractivity contribution in [2.45, 2.75) is 12.5 Å². The topological polar surface area (TPSA) is 82.4 Å². The Hall–Kier alpha value is -2.34. The molecule has 1 aliphatic rings. The predicted octanol–water partition coefficient (Wildman–Crippen LogP) is 0.338. The van der Waals surface area contributed by atoms with E-state index in [1.165, 1.54) is 0 Å². The summed E-state index contributed by atoms with van der Waals surface area (Å²) in [5.41, 5.74) is 8.22. The number of benzene rings is 1. The van der Waals surface area contributed by atoms with Gasteiger partial charge in [0.05, 0.1) is 6.04 Å². The second kappa shape index (κ2) is 6.19. The van der Waals surface area contributed by atoms with E-state index >= 15 is 0 Å². The average Bonchev–Trinajstić information content (AvgIpc) is 2.97. The number of hydrogen-bond acceptors (Lipinski definition) is 3. The number of carbonyl (C=O) groups is 2. The number of fused-ring (bicyclic) bond motifs is 1. The molecule has 2 amide bonds. The summed E-state index contributed by atoms with van der Waals surface area (Å²) in [6.45, 7) is 2.27. The Morgan fingerprint density at radius 2 is 2.00 bits per heavy atom. The third-order valence-corrected chi connectivity index (χ3v) is 4.21. The van der Waals surface area contributed by atoms with E-state index < -0.39 is 6.04 Å². The molecule has 1 fully saturated rings. The molecule has 0 saturated carbocycles. The maximum Gasteiger partial charge on any atom is 0.239 e. The zero-order chi connectivity index (χ0) is 15.5. The van der Waals surface area contributed by atoms with Gasteiger partial charge in [0.25, 0.3) is 0 Å². The molecule has 1 aromatic carbocycles. The van der Waals surface area contributed by atoms with Crippen LogP contribution < -0.4 is 5.73 Å². The third kappa shape index (κ3) is 2.82. The van der Waals surface area contributed by atoms with Crippen molar-refractivity contribution in [3.63, 3.8) is 0 Å². The summed E-state index contributed by atoms with van der Waals surface area (Å²) in [5.74, 6) is -0.0455. The third-order valence-electron chi connectivity index (χ3n) is 4.21. The van der Waals surface area contributed by atoms with Crippen LogP contribution in [0.2, 0.25) is 0 Å². The van der Waals surface area contributed by atoms with Gasteiger partial charge in [-0.15, -0.1) is 0 Å².